The first-order valence-corrected chi connectivity index (χ1v) is 12.8. The minimum absolute atomic E-state index is 0.00333. The van der Waals surface area contributed by atoms with Gasteiger partial charge in [0.05, 0.1) is 22.0 Å². The van der Waals surface area contributed by atoms with Gasteiger partial charge in [-0.15, -0.1) is 0 Å². The van der Waals surface area contributed by atoms with Gasteiger partial charge in [-0.3, -0.25) is 9.03 Å². The molecule has 6 nitrogen and oxygen atoms in total. The largest absolute Gasteiger partial charge is 0.280 e. The molecule has 8 heteroatoms. The number of sulfonamides is 2. The predicted molar refractivity (Wildman–Crippen MR) is 118 cm³/mol. The van der Waals surface area contributed by atoms with Crippen molar-refractivity contribution < 1.29 is 16.8 Å². The Bertz CT molecular complexity index is 1140. The van der Waals surface area contributed by atoms with Gasteiger partial charge in [0.25, 0.3) is 10.0 Å². The molecule has 0 radical (unpaired) electrons. The lowest BCUT2D eigenvalue weighted by molar-refractivity contribution is 0.587. The average molecular weight is 437 g/mol. The monoisotopic (exact) mass is 436 g/mol. The maximum absolute atomic E-state index is 13.2. The highest BCUT2D eigenvalue weighted by Crippen LogP contribution is 2.34. The summed E-state index contributed by atoms with van der Waals surface area (Å²) in [5.41, 5.74) is 5.10. The van der Waals surface area contributed by atoms with Crippen LogP contribution < -0.4 is 9.03 Å². The van der Waals surface area contributed by atoms with Crippen LogP contribution in [0.4, 0.5) is 11.4 Å². The topological polar surface area (TPSA) is 83.6 Å². The molecule has 0 saturated heterocycles. The van der Waals surface area contributed by atoms with Crippen molar-refractivity contribution in [2.45, 2.75) is 52.4 Å². The van der Waals surface area contributed by atoms with Crippen molar-refractivity contribution in [1.82, 2.24) is 0 Å². The van der Waals surface area contributed by atoms with Gasteiger partial charge in [-0.25, -0.2) is 16.8 Å². The van der Waals surface area contributed by atoms with Crippen molar-refractivity contribution in [3.05, 3.63) is 52.1 Å². The van der Waals surface area contributed by atoms with Gasteiger partial charge in [-0.05, 0) is 87.4 Å². The van der Waals surface area contributed by atoms with Crippen LogP contribution in [0.1, 0.15) is 41.2 Å². The Morgan fingerprint density at radius 1 is 0.966 bits per heavy atom. The van der Waals surface area contributed by atoms with Gasteiger partial charge in [-0.2, -0.15) is 0 Å². The summed E-state index contributed by atoms with van der Waals surface area (Å²) in [6.45, 7) is 9.42. The lowest BCUT2D eigenvalue weighted by Gasteiger charge is -2.30. The van der Waals surface area contributed by atoms with Crippen LogP contribution >= 0.6 is 0 Å². The second kappa shape index (κ2) is 7.65. The number of anilines is 2. The molecule has 0 bridgehead atoms. The Hall–Kier alpha value is -2.06. The van der Waals surface area contributed by atoms with Crippen molar-refractivity contribution in [3.8, 4) is 0 Å². The molecule has 0 unspecified atom stereocenters. The zero-order chi connectivity index (χ0) is 21.6. The third kappa shape index (κ3) is 4.00. The van der Waals surface area contributed by atoms with E-state index in [9.17, 15) is 16.8 Å². The highest BCUT2D eigenvalue weighted by molar-refractivity contribution is 7.93. The SMILES string of the molecule is CCS(=O)(=O)N1CCCc2ccc(NS(=O)(=O)c3c(C)c(C)cc(C)c3C)cc21. The zero-order valence-corrected chi connectivity index (χ0v) is 19.2. The highest BCUT2D eigenvalue weighted by atomic mass is 32.2. The molecule has 158 valence electrons. The molecule has 1 N–H and O–H groups in total. The van der Waals surface area contributed by atoms with E-state index in [1.807, 2.05) is 26.0 Å². The summed E-state index contributed by atoms with van der Waals surface area (Å²) >= 11 is 0. The third-order valence-electron chi connectivity index (χ3n) is 5.68. The Balaban J connectivity index is 2.06. The van der Waals surface area contributed by atoms with Crippen LogP contribution in [-0.4, -0.2) is 29.1 Å². The van der Waals surface area contributed by atoms with Crippen LogP contribution in [0.25, 0.3) is 0 Å². The molecule has 0 fully saturated rings. The van der Waals surface area contributed by atoms with Crippen LogP contribution in [0.15, 0.2) is 29.2 Å². The maximum Gasteiger partial charge on any atom is 0.262 e. The quantitative estimate of drug-likeness (QED) is 0.772. The van der Waals surface area contributed by atoms with E-state index in [1.165, 1.54) is 4.31 Å². The van der Waals surface area contributed by atoms with E-state index >= 15 is 0 Å². The number of fused-ring (bicyclic) bond motifs is 1. The van der Waals surface area contributed by atoms with Crippen molar-refractivity contribution in [3.63, 3.8) is 0 Å². The lowest BCUT2D eigenvalue weighted by Crippen LogP contribution is -2.36. The van der Waals surface area contributed by atoms with Crippen LogP contribution in [0.3, 0.4) is 0 Å². The molecule has 0 aromatic heterocycles. The number of nitrogens with zero attached hydrogens (tertiary/aromatic N) is 1. The Morgan fingerprint density at radius 3 is 2.17 bits per heavy atom. The summed E-state index contributed by atoms with van der Waals surface area (Å²) in [5, 5.41) is 0. The molecule has 2 aromatic rings. The fourth-order valence-electron chi connectivity index (χ4n) is 3.84. The molecule has 0 spiro atoms. The van der Waals surface area contributed by atoms with Crippen LogP contribution in [0.5, 0.6) is 0 Å². The number of aryl methyl sites for hydroxylation is 3. The molecule has 1 heterocycles. The smallest absolute Gasteiger partial charge is 0.262 e. The zero-order valence-electron chi connectivity index (χ0n) is 17.5. The second-order valence-corrected chi connectivity index (χ2v) is 11.4. The highest BCUT2D eigenvalue weighted by Gasteiger charge is 2.27. The fraction of sp³-hybridized carbons (Fsp3) is 0.429. The molecule has 0 amide bonds. The van der Waals surface area contributed by atoms with E-state index in [-0.39, 0.29) is 10.6 Å². The van der Waals surface area contributed by atoms with Crippen molar-refractivity contribution in [2.75, 3.05) is 21.3 Å². The molecule has 0 atom stereocenters. The summed E-state index contributed by atoms with van der Waals surface area (Å²) in [5.74, 6) is 0.00333. The Morgan fingerprint density at radius 2 is 1.59 bits per heavy atom. The van der Waals surface area contributed by atoms with Crippen LogP contribution in [0, 0.1) is 27.7 Å². The molecule has 29 heavy (non-hydrogen) atoms. The minimum Gasteiger partial charge on any atom is -0.280 e. The molecule has 0 aliphatic carbocycles. The number of nitrogens with one attached hydrogen (secondary N) is 1. The van der Waals surface area contributed by atoms with Gasteiger partial charge in [0.15, 0.2) is 0 Å². The first kappa shape index (κ1) is 21.6. The summed E-state index contributed by atoms with van der Waals surface area (Å²) < 4.78 is 55.4. The van der Waals surface area contributed by atoms with E-state index in [0.29, 0.717) is 29.0 Å². The summed E-state index contributed by atoms with van der Waals surface area (Å²) in [6, 6.07) is 7.13. The molecule has 0 saturated carbocycles. The molecular formula is C21H28N2O4S2. The van der Waals surface area contributed by atoms with Gasteiger partial charge in [0.2, 0.25) is 10.0 Å². The van der Waals surface area contributed by atoms with E-state index < -0.39 is 20.0 Å². The minimum atomic E-state index is -3.82. The van der Waals surface area contributed by atoms with Gasteiger partial charge in [0, 0.05) is 6.54 Å². The average Bonchev–Trinajstić information content (AvgIpc) is 2.65. The van der Waals surface area contributed by atoms with E-state index in [1.54, 1.807) is 32.9 Å². The molecular weight excluding hydrogens is 408 g/mol. The summed E-state index contributed by atoms with van der Waals surface area (Å²) in [6.07, 6.45) is 1.52. The van der Waals surface area contributed by atoms with Gasteiger partial charge < -0.3 is 0 Å². The molecule has 3 rings (SSSR count). The number of hydrogen-bond donors (Lipinski definition) is 1. The Kier molecular flexibility index (Phi) is 5.71. The molecule has 1 aliphatic heterocycles. The third-order valence-corrected chi connectivity index (χ3v) is 9.11. The summed E-state index contributed by atoms with van der Waals surface area (Å²) in [4.78, 5) is 0.283. The van der Waals surface area contributed by atoms with Crippen LogP contribution in [0.2, 0.25) is 0 Å². The lowest BCUT2D eigenvalue weighted by atomic mass is 10.0. The van der Waals surface area contributed by atoms with E-state index in [4.69, 9.17) is 0 Å². The van der Waals surface area contributed by atoms with E-state index in [0.717, 1.165) is 29.5 Å². The van der Waals surface area contributed by atoms with Gasteiger partial charge in [0.1, 0.15) is 0 Å². The van der Waals surface area contributed by atoms with E-state index in [2.05, 4.69) is 4.72 Å². The first-order valence-electron chi connectivity index (χ1n) is 9.71. The molecule has 2 aromatic carbocycles. The number of hydrogen-bond acceptors (Lipinski definition) is 4. The van der Waals surface area contributed by atoms with Crippen molar-refractivity contribution in [2.24, 2.45) is 0 Å². The maximum atomic E-state index is 13.2. The van der Waals surface area contributed by atoms with Gasteiger partial charge in [-0.1, -0.05) is 12.1 Å². The fourth-order valence-corrected chi connectivity index (χ4v) is 6.70. The van der Waals surface area contributed by atoms with Crippen molar-refractivity contribution in [1.29, 1.82) is 0 Å². The van der Waals surface area contributed by atoms with Gasteiger partial charge >= 0.3 is 0 Å². The second-order valence-electron chi connectivity index (χ2n) is 7.61. The Labute approximate surface area is 174 Å². The van der Waals surface area contributed by atoms with Crippen LogP contribution in [-0.2, 0) is 26.5 Å². The van der Waals surface area contributed by atoms with Crippen molar-refractivity contribution >= 4 is 31.4 Å². The predicted octanol–water partition coefficient (Wildman–Crippen LogP) is 3.82. The number of rotatable bonds is 5. The molecule has 1 aliphatic rings. The number of benzene rings is 2. The normalized spacial score (nSPS) is 14.6. The first-order chi connectivity index (χ1) is 13.5. The standard InChI is InChI=1S/C21H28N2O4S2/c1-6-28(24,25)23-11-7-8-18-9-10-19(13-20(18)23)22-29(26,27)21-16(4)14(2)12-15(3)17(21)5/h9-10,12-13,22H,6-8,11H2,1-5H3. The summed E-state index contributed by atoms with van der Waals surface area (Å²) in [7, 11) is -7.24.